The summed E-state index contributed by atoms with van der Waals surface area (Å²) in [6, 6.07) is 0. The number of alkyl halides is 3. The summed E-state index contributed by atoms with van der Waals surface area (Å²) in [4.78, 5) is 8.18. The van der Waals surface area contributed by atoms with Crippen molar-refractivity contribution in [3.63, 3.8) is 0 Å². The molecular weight excluding hydrogens is 355 g/mol. The fraction of sp³-hybridized carbons (Fsp3) is 0.368. The van der Waals surface area contributed by atoms with E-state index in [2.05, 4.69) is 19.9 Å². The van der Waals surface area contributed by atoms with Crippen molar-refractivity contribution >= 4 is 5.70 Å². The molecule has 0 aliphatic carbocycles. The van der Waals surface area contributed by atoms with Gasteiger partial charge in [0.25, 0.3) is 5.82 Å². The lowest BCUT2D eigenvalue weighted by molar-refractivity contribution is -0.145. The maximum absolute atomic E-state index is 13.4. The van der Waals surface area contributed by atoms with E-state index in [9.17, 15) is 13.2 Å². The Balaban J connectivity index is 1.82. The fourth-order valence-corrected chi connectivity index (χ4v) is 4.62. The highest BCUT2D eigenvalue weighted by atomic mass is 19.4. The van der Waals surface area contributed by atoms with Gasteiger partial charge in [-0.2, -0.15) is 13.2 Å². The molecule has 0 aromatic carbocycles. The molecule has 1 aromatic rings. The van der Waals surface area contributed by atoms with Crippen molar-refractivity contribution in [3.8, 4) is 0 Å². The van der Waals surface area contributed by atoms with Crippen molar-refractivity contribution in [1.29, 1.82) is 0 Å². The van der Waals surface area contributed by atoms with Gasteiger partial charge in [0.1, 0.15) is 11.7 Å². The van der Waals surface area contributed by atoms with Crippen LogP contribution in [-0.2, 0) is 11.7 Å². The minimum absolute atomic E-state index is 0.190. The Kier molecular flexibility index (Phi) is 3.13. The Morgan fingerprint density at radius 2 is 1.81 bits per heavy atom. The van der Waals surface area contributed by atoms with Crippen LogP contribution in [0.25, 0.3) is 5.70 Å². The molecule has 0 radical (unpaired) electrons. The molecule has 0 spiro atoms. The third-order valence-electron chi connectivity index (χ3n) is 5.90. The standard InChI is InChI=1S/C19H18F3N5/c1-3-18(4-2)17-25-11-6-5-8-12(25)13-9-7-10-14(26(13)17)15-23-16(19(20,21)22)24-27(15)18/h5-11,17H,3-4H2,1-2H3/t17-/m1/s1. The molecule has 5 rings (SSSR count). The first-order valence-electron chi connectivity index (χ1n) is 9.02. The molecular formula is C19H18F3N5. The van der Waals surface area contributed by atoms with E-state index in [1.165, 1.54) is 4.68 Å². The van der Waals surface area contributed by atoms with Gasteiger partial charge in [-0.1, -0.05) is 26.0 Å². The second-order valence-electron chi connectivity index (χ2n) is 7.01. The quantitative estimate of drug-likeness (QED) is 0.786. The molecule has 0 unspecified atom stereocenters. The molecule has 0 N–H and O–H groups in total. The number of hydrogen-bond acceptors (Lipinski definition) is 4. The maximum atomic E-state index is 13.4. The van der Waals surface area contributed by atoms with Gasteiger partial charge in [-0.3, -0.25) is 0 Å². The Hall–Kier alpha value is -2.77. The molecule has 4 aliphatic rings. The van der Waals surface area contributed by atoms with E-state index >= 15 is 0 Å². The molecule has 8 heteroatoms. The van der Waals surface area contributed by atoms with Gasteiger partial charge in [0.2, 0.25) is 0 Å². The van der Waals surface area contributed by atoms with E-state index in [0.29, 0.717) is 18.5 Å². The maximum Gasteiger partial charge on any atom is 0.453 e. The van der Waals surface area contributed by atoms with Gasteiger partial charge in [0, 0.05) is 6.20 Å². The van der Waals surface area contributed by atoms with Gasteiger partial charge in [0.05, 0.1) is 17.1 Å². The van der Waals surface area contributed by atoms with Gasteiger partial charge >= 0.3 is 6.18 Å². The van der Waals surface area contributed by atoms with Crippen LogP contribution in [0.3, 0.4) is 0 Å². The van der Waals surface area contributed by atoms with Crippen molar-refractivity contribution in [2.45, 2.75) is 44.6 Å². The van der Waals surface area contributed by atoms with E-state index < -0.39 is 17.5 Å². The first-order chi connectivity index (χ1) is 12.9. The first kappa shape index (κ1) is 16.4. The molecule has 27 heavy (non-hydrogen) atoms. The summed E-state index contributed by atoms with van der Waals surface area (Å²) < 4.78 is 41.7. The molecule has 0 saturated carbocycles. The molecule has 5 nitrogen and oxygen atoms in total. The number of allylic oxidation sites excluding steroid dienone is 6. The zero-order valence-electron chi connectivity index (χ0n) is 14.9. The number of rotatable bonds is 2. The SMILES string of the molecule is CCC1(CC)[C@@H]2N3C=CC=CC3=C3C=CC=C(c4nc(C(F)(F)F)nn41)N32. The average molecular weight is 373 g/mol. The van der Waals surface area contributed by atoms with Crippen molar-refractivity contribution in [1.82, 2.24) is 24.6 Å². The van der Waals surface area contributed by atoms with Crippen LogP contribution in [0.1, 0.15) is 38.3 Å². The van der Waals surface area contributed by atoms with Crippen LogP contribution in [0.2, 0.25) is 0 Å². The second-order valence-corrected chi connectivity index (χ2v) is 7.01. The first-order valence-corrected chi connectivity index (χ1v) is 9.02. The molecule has 1 atom stereocenters. The van der Waals surface area contributed by atoms with E-state index in [4.69, 9.17) is 0 Å². The number of aromatic nitrogens is 3. The van der Waals surface area contributed by atoms with Gasteiger partial charge in [0.15, 0.2) is 5.82 Å². The fourth-order valence-electron chi connectivity index (χ4n) is 4.62. The summed E-state index contributed by atoms with van der Waals surface area (Å²) >= 11 is 0. The molecule has 0 amide bonds. The summed E-state index contributed by atoms with van der Waals surface area (Å²) in [7, 11) is 0. The van der Waals surface area contributed by atoms with Crippen molar-refractivity contribution in [3.05, 3.63) is 65.7 Å². The minimum atomic E-state index is -4.58. The summed E-state index contributed by atoms with van der Waals surface area (Å²) in [5.41, 5.74) is 2.03. The predicted octanol–water partition coefficient (Wildman–Crippen LogP) is 3.98. The van der Waals surface area contributed by atoms with Crippen LogP contribution in [0.15, 0.2) is 54.1 Å². The van der Waals surface area contributed by atoms with Crippen molar-refractivity contribution in [2.75, 3.05) is 0 Å². The molecule has 5 heterocycles. The lowest BCUT2D eigenvalue weighted by Gasteiger charge is -2.51. The van der Waals surface area contributed by atoms with Crippen molar-refractivity contribution < 1.29 is 13.2 Å². The zero-order chi connectivity index (χ0) is 19.0. The Labute approximate surface area is 154 Å². The van der Waals surface area contributed by atoms with Crippen LogP contribution in [0, 0.1) is 0 Å². The number of nitrogens with zero attached hydrogens (tertiary/aromatic N) is 5. The molecule has 1 aromatic heterocycles. The average Bonchev–Trinajstić information content (AvgIpc) is 3.26. The summed E-state index contributed by atoms with van der Waals surface area (Å²) in [6.45, 7) is 4.00. The van der Waals surface area contributed by atoms with E-state index in [1.807, 2.05) is 56.5 Å². The third kappa shape index (κ3) is 1.90. The molecule has 0 bridgehead atoms. The third-order valence-corrected chi connectivity index (χ3v) is 5.90. The van der Waals surface area contributed by atoms with E-state index in [0.717, 1.165) is 11.4 Å². The number of hydrogen-bond donors (Lipinski definition) is 0. The summed E-state index contributed by atoms with van der Waals surface area (Å²) in [6.07, 6.45) is 10.1. The minimum Gasteiger partial charge on any atom is -0.323 e. The summed E-state index contributed by atoms with van der Waals surface area (Å²) in [5, 5.41) is 3.96. The van der Waals surface area contributed by atoms with Crippen LogP contribution in [-0.4, -0.2) is 30.7 Å². The van der Waals surface area contributed by atoms with Crippen LogP contribution in [0.5, 0.6) is 0 Å². The predicted molar refractivity (Wildman–Crippen MR) is 93.5 cm³/mol. The molecule has 0 fully saturated rings. The highest BCUT2D eigenvalue weighted by Gasteiger charge is 2.57. The van der Waals surface area contributed by atoms with Crippen LogP contribution in [0.4, 0.5) is 13.2 Å². The highest BCUT2D eigenvalue weighted by molar-refractivity contribution is 5.70. The Morgan fingerprint density at radius 3 is 2.52 bits per heavy atom. The van der Waals surface area contributed by atoms with E-state index in [1.54, 1.807) is 0 Å². The molecule has 4 aliphatic heterocycles. The largest absolute Gasteiger partial charge is 0.453 e. The number of halogens is 3. The Morgan fingerprint density at radius 1 is 1.07 bits per heavy atom. The van der Waals surface area contributed by atoms with Gasteiger partial charge in [-0.15, -0.1) is 5.10 Å². The molecule has 140 valence electrons. The Bertz CT molecular complexity index is 972. The monoisotopic (exact) mass is 373 g/mol. The smallest absolute Gasteiger partial charge is 0.323 e. The lowest BCUT2D eigenvalue weighted by Crippen LogP contribution is -2.60. The van der Waals surface area contributed by atoms with Gasteiger partial charge in [-0.25, -0.2) is 9.67 Å². The lowest BCUT2D eigenvalue weighted by atomic mass is 9.85. The second kappa shape index (κ2) is 5.15. The summed E-state index contributed by atoms with van der Waals surface area (Å²) in [5.74, 6) is -0.808. The number of fused-ring (bicyclic) bond motifs is 4. The van der Waals surface area contributed by atoms with Gasteiger partial charge in [-0.05, 0) is 37.1 Å². The molecule has 0 saturated heterocycles. The van der Waals surface area contributed by atoms with Crippen LogP contribution < -0.4 is 0 Å². The topological polar surface area (TPSA) is 37.2 Å². The zero-order valence-corrected chi connectivity index (χ0v) is 14.9. The normalized spacial score (nSPS) is 24.2. The van der Waals surface area contributed by atoms with Gasteiger partial charge < -0.3 is 9.80 Å². The highest BCUT2D eigenvalue weighted by Crippen LogP contribution is 2.52. The van der Waals surface area contributed by atoms with Crippen molar-refractivity contribution in [2.24, 2.45) is 0 Å². The van der Waals surface area contributed by atoms with Crippen LogP contribution >= 0.6 is 0 Å². The van der Waals surface area contributed by atoms with E-state index in [-0.39, 0.29) is 12.0 Å².